The number of benzene rings is 1. The van der Waals surface area contributed by atoms with E-state index in [-0.39, 0.29) is 22.4 Å². The van der Waals surface area contributed by atoms with Crippen molar-refractivity contribution in [1.82, 2.24) is 0 Å². The molecule has 2 aliphatic rings. The van der Waals surface area contributed by atoms with Gasteiger partial charge in [0, 0.05) is 12.1 Å². The summed E-state index contributed by atoms with van der Waals surface area (Å²) in [4.78, 5) is 12.6. The van der Waals surface area contributed by atoms with Crippen LogP contribution in [0.1, 0.15) is 59.4 Å². The molecule has 0 amide bonds. The van der Waals surface area contributed by atoms with E-state index in [4.69, 9.17) is 0 Å². The van der Waals surface area contributed by atoms with Gasteiger partial charge in [-0.1, -0.05) is 46.8 Å². The van der Waals surface area contributed by atoms with Gasteiger partial charge in [-0.3, -0.25) is 9.52 Å². The Morgan fingerprint density at radius 2 is 1.76 bits per heavy atom. The van der Waals surface area contributed by atoms with Crippen molar-refractivity contribution in [1.29, 1.82) is 0 Å². The van der Waals surface area contributed by atoms with Gasteiger partial charge in [-0.05, 0) is 47.3 Å². The third-order valence-electron chi connectivity index (χ3n) is 6.60. The molecule has 3 rings (SSSR count). The number of carbonyl (C=O) groups excluding carboxylic acids is 1. The third kappa shape index (κ3) is 3.01. The summed E-state index contributed by atoms with van der Waals surface area (Å²) in [5.74, 6) is 0.340. The molecular weight excluding hydrogens is 334 g/mol. The molecule has 25 heavy (non-hydrogen) atoms. The molecule has 0 spiro atoms. The molecule has 2 saturated carbocycles. The first-order valence-corrected chi connectivity index (χ1v) is 10.7. The maximum atomic E-state index is 12.8. The van der Waals surface area contributed by atoms with Crippen LogP contribution >= 0.6 is 0 Å². The molecule has 0 heterocycles. The summed E-state index contributed by atoms with van der Waals surface area (Å²) in [5.41, 5.74) is 0.765. The molecule has 138 valence electrons. The monoisotopic (exact) mass is 363 g/mol. The van der Waals surface area contributed by atoms with Crippen LogP contribution in [0.4, 0.5) is 5.69 Å². The van der Waals surface area contributed by atoms with Crippen molar-refractivity contribution >= 4 is 21.5 Å². The highest BCUT2D eigenvalue weighted by molar-refractivity contribution is 7.92. The van der Waals surface area contributed by atoms with Crippen LogP contribution in [0.3, 0.4) is 0 Å². The fourth-order valence-electron chi connectivity index (χ4n) is 4.69. The average Bonchev–Trinajstić information content (AvgIpc) is 2.80. The molecule has 5 heteroatoms. The molecule has 1 N–H and O–H groups in total. The topological polar surface area (TPSA) is 63.2 Å². The first kappa shape index (κ1) is 18.4. The number of carbonyl (C=O) groups is 1. The van der Waals surface area contributed by atoms with E-state index in [1.807, 2.05) is 12.1 Å². The molecule has 2 fully saturated rings. The number of fused-ring (bicyclic) bond motifs is 2. The summed E-state index contributed by atoms with van der Waals surface area (Å²) in [7, 11) is -3.59. The fourth-order valence-corrected chi connectivity index (χ4v) is 6.58. The smallest absolute Gasteiger partial charge is 0.233 e. The van der Waals surface area contributed by atoms with Crippen LogP contribution in [0.15, 0.2) is 24.3 Å². The highest BCUT2D eigenvalue weighted by Crippen LogP contribution is 2.64. The molecule has 0 unspecified atom stereocenters. The molecule has 0 aliphatic heterocycles. The SMILES string of the molecule is CC(C)(C)c1ccc(NS(=O)(=O)C[C@]23CC[C@@H](CC2=O)C3(C)C)cc1. The quantitative estimate of drug-likeness (QED) is 0.875. The van der Waals surface area contributed by atoms with Crippen LogP contribution in [0.2, 0.25) is 0 Å². The summed E-state index contributed by atoms with van der Waals surface area (Å²) in [6.07, 6.45) is 2.17. The largest absolute Gasteiger partial charge is 0.299 e. The van der Waals surface area contributed by atoms with E-state index < -0.39 is 15.4 Å². The van der Waals surface area contributed by atoms with Crippen molar-refractivity contribution in [3.63, 3.8) is 0 Å². The Morgan fingerprint density at radius 1 is 1.16 bits per heavy atom. The molecule has 2 bridgehead atoms. The van der Waals surface area contributed by atoms with Gasteiger partial charge in [0.05, 0.1) is 11.2 Å². The molecule has 4 nitrogen and oxygen atoms in total. The normalized spacial score (nSPS) is 28.4. The van der Waals surface area contributed by atoms with Gasteiger partial charge in [0.1, 0.15) is 5.78 Å². The van der Waals surface area contributed by atoms with Crippen LogP contribution in [-0.2, 0) is 20.2 Å². The van der Waals surface area contributed by atoms with Gasteiger partial charge in [0.2, 0.25) is 10.0 Å². The minimum Gasteiger partial charge on any atom is -0.299 e. The van der Waals surface area contributed by atoms with Crippen LogP contribution in [0.5, 0.6) is 0 Å². The molecule has 2 aliphatic carbocycles. The lowest BCUT2D eigenvalue weighted by atomic mass is 9.70. The molecule has 1 aromatic carbocycles. The Bertz CT molecular complexity index is 787. The van der Waals surface area contributed by atoms with E-state index in [2.05, 4.69) is 39.3 Å². The zero-order chi connectivity index (χ0) is 18.7. The highest BCUT2D eigenvalue weighted by Gasteiger charge is 2.65. The summed E-state index contributed by atoms with van der Waals surface area (Å²) >= 11 is 0. The number of hydrogen-bond donors (Lipinski definition) is 1. The average molecular weight is 364 g/mol. The van der Waals surface area contributed by atoms with Crippen molar-refractivity contribution < 1.29 is 13.2 Å². The van der Waals surface area contributed by atoms with Crippen LogP contribution in [-0.4, -0.2) is 20.0 Å². The maximum Gasteiger partial charge on any atom is 0.233 e. The number of Topliss-reactive ketones (excluding diaryl/α,β-unsaturated/α-hetero) is 1. The molecule has 2 atom stereocenters. The van der Waals surface area contributed by atoms with Crippen molar-refractivity contribution in [3.8, 4) is 0 Å². The lowest BCUT2D eigenvalue weighted by molar-refractivity contribution is -0.128. The Balaban J connectivity index is 1.80. The molecule has 0 saturated heterocycles. The Kier molecular flexibility index (Phi) is 4.10. The Morgan fingerprint density at radius 3 is 2.20 bits per heavy atom. The standard InChI is InChI=1S/C20H29NO3S/c1-18(2,3)14-6-8-16(9-7-14)21-25(23,24)13-20-11-10-15(12-17(20)22)19(20,4)5/h6-9,15,21H,10-13H2,1-5H3/t15-,20+/m0/s1. The first-order valence-electron chi connectivity index (χ1n) is 9.02. The number of hydrogen-bond acceptors (Lipinski definition) is 3. The lowest BCUT2D eigenvalue weighted by Crippen LogP contribution is -2.43. The number of sulfonamides is 1. The summed E-state index contributed by atoms with van der Waals surface area (Å²) in [6, 6.07) is 7.50. The number of anilines is 1. The summed E-state index contributed by atoms with van der Waals surface area (Å²) in [5, 5.41) is 0. The lowest BCUT2D eigenvalue weighted by Gasteiger charge is -2.36. The van der Waals surface area contributed by atoms with E-state index in [9.17, 15) is 13.2 Å². The summed E-state index contributed by atoms with van der Waals surface area (Å²) < 4.78 is 28.3. The molecule has 1 aromatic rings. The van der Waals surface area contributed by atoms with Crippen LogP contribution in [0, 0.1) is 16.7 Å². The Labute approximate surface area is 151 Å². The van der Waals surface area contributed by atoms with Crippen molar-refractivity contribution in [2.24, 2.45) is 16.7 Å². The number of rotatable bonds is 4. The minimum absolute atomic E-state index is 0.0233. The van der Waals surface area contributed by atoms with Crippen LogP contribution < -0.4 is 4.72 Å². The second kappa shape index (κ2) is 5.57. The minimum atomic E-state index is -3.59. The predicted octanol–water partition coefficient (Wildman–Crippen LogP) is 4.12. The van der Waals surface area contributed by atoms with Crippen molar-refractivity contribution in [2.45, 2.75) is 59.3 Å². The highest BCUT2D eigenvalue weighted by atomic mass is 32.2. The zero-order valence-corrected chi connectivity index (χ0v) is 16.7. The zero-order valence-electron chi connectivity index (χ0n) is 15.8. The van der Waals surface area contributed by atoms with E-state index in [1.54, 1.807) is 12.1 Å². The van der Waals surface area contributed by atoms with E-state index in [1.165, 1.54) is 0 Å². The van der Waals surface area contributed by atoms with E-state index in [0.29, 0.717) is 24.4 Å². The van der Waals surface area contributed by atoms with Gasteiger partial charge in [0.25, 0.3) is 0 Å². The maximum absolute atomic E-state index is 12.8. The summed E-state index contributed by atoms with van der Waals surface area (Å²) in [6.45, 7) is 10.5. The van der Waals surface area contributed by atoms with E-state index >= 15 is 0 Å². The van der Waals surface area contributed by atoms with Gasteiger partial charge in [-0.2, -0.15) is 0 Å². The fraction of sp³-hybridized carbons (Fsp3) is 0.650. The van der Waals surface area contributed by atoms with Gasteiger partial charge < -0.3 is 0 Å². The number of ketones is 1. The van der Waals surface area contributed by atoms with E-state index in [0.717, 1.165) is 12.0 Å². The Hall–Kier alpha value is -1.36. The van der Waals surface area contributed by atoms with Gasteiger partial charge in [-0.25, -0.2) is 8.42 Å². The first-order chi connectivity index (χ1) is 11.4. The molecular formula is C20H29NO3S. The predicted molar refractivity (Wildman–Crippen MR) is 101 cm³/mol. The second-order valence-corrected chi connectivity index (χ2v) is 11.1. The van der Waals surface area contributed by atoms with Crippen molar-refractivity contribution in [3.05, 3.63) is 29.8 Å². The third-order valence-corrected chi connectivity index (χ3v) is 8.02. The van der Waals surface area contributed by atoms with Crippen molar-refractivity contribution in [2.75, 3.05) is 10.5 Å². The second-order valence-electron chi connectivity index (χ2n) is 9.36. The van der Waals surface area contributed by atoms with Gasteiger partial charge in [0.15, 0.2) is 0 Å². The molecule has 0 radical (unpaired) electrons. The van der Waals surface area contributed by atoms with Crippen LogP contribution in [0.25, 0.3) is 0 Å². The van der Waals surface area contributed by atoms with Gasteiger partial charge in [-0.15, -0.1) is 0 Å². The van der Waals surface area contributed by atoms with Gasteiger partial charge >= 0.3 is 0 Å². The number of nitrogens with one attached hydrogen (secondary N) is 1. The molecule has 0 aromatic heterocycles.